The Morgan fingerprint density at radius 1 is 0.974 bits per heavy atom. The Labute approximate surface area is 230 Å². The number of ether oxygens (including phenoxy) is 1. The highest BCUT2D eigenvalue weighted by atomic mass is 35.5. The summed E-state index contributed by atoms with van der Waals surface area (Å²) in [4.78, 5) is 24.6. The van der Waals surface area contributed by atoms with Crippen LogP contribution in [0.5, 0.6) is 0 Å². The van der Waals surface area contributed by atoms with Gasteiger partial charge in [0, 0.05) is 10.6 Å². The predicted molar refractivity (Wildman–Crippen MR) is 148 cm³/mol. The second-order valence-corrected chi connectivity index (χ2v) is 10.4. The SMILES string of the molecule is CCOC(=O)c1ccc(-c2ccc(/C=N/NC(=O)CN(c3ccc(Cl)cc3)S(=O)(=O)c3ccccc3)o2)cc1. The number of furan rings is 1. The van der Waals surface area contributed by atoms with Gasteiger partial charge >= 0.3 is 5.97 Å². The molecule has 3 aromatic carbocycles. The molecule has 1 heterocycles. The fourth-order valence-corrected chi connectivity index (χ4v) is 5.11. The Bertz CT molecular complexity index is 1570. The van der Waals surface area contributed by atoms with E-state index < -0.39 is 28.4 Å². The lowest BCUT2D eigenvalue weighted by molar-refractivity contribution is -0.119. The van der Waals surface area contributed by atoms with Crippen LogP contribution in [0.3, 0.4) is 0 Å². The molecule has 9 nitrogen and oxygen atoms in total. The minimum absolute atomic E-state index is 0.0367. The summed E-state index contributed by atoms with van der Waals surface area (Å²) >= 11 is 5.96. The number of carbonyl (C=O) groups excluding carboxylic acids is 2. The largest absolute Gasteiger partial charge is 0.462 e. The van der Waals surface area contributed by atoms with E-state index in [0.717, 1.165) is 9.87 Å². The van der Waals surface area contributed by atoms with Gasteiger partial charge < -0.3 is 9.15 Å². The van der Waals surface area contributed by atoms with Gasteiger partial charge in [-0.3, -0.25) is 9.10 Å². The number of nitrogens with zero attached hydrogens (tertiary/aromatic N) is 2. The third-order valence-corrected chi connectivity index (χ3v) is 7.46. The maximum atomic E-state index is 13.3. The standard InChI is InChI=1S/C28H24ClN3O6S/c1-2-37-28(34)21-10-8-20(9-11-21)26-17-16-24(38-26)18-30-31-27(33)19-32(23-14-12-22(29)13-15-23)39(35,36)25-6-4-3-5-7-25/h3-18H,2,19H2,1H3,(H,31,33)/b30-18+. The number of halogens is 1. The van der Waals surface area contributed by atoms with Gasteiger partial charge in [-0.1, -0.05) is 41.9 Å². The van der Waals surface area contributed by atoms with Crippen molar-refractivity contribution in [3.63, 3.8) is 0 Å². The molecule has 0 radical (unpaired) electrons. The van der Waals surface area contributed by atoms with E-state index in [1.54, 1.807) is 73.7 Å². The van der Waals surface area contributed by atoms with Crippen molar-refractivity contribution < 1.29 is 27.2 Å². The van der Waals surface area contributed by atoms with E-state index in [1.165, 1.54) is 30.5 Å². The lowest BCUT2D eigenvalue weighted by atomic mass is 10.1. The summed E-state index contributed by atoms with van der Waals surface area (Å²) < 4.78 is 38.3. The van der Waals surface area contributed by atoms with Gasteiger partial charge in [-0.15, -0.1) is 0 Å². The van der Waals surface area contributed by atoms with Crippen molar-refractivity contribution in [3.05, 3.63) is 107 Å². The fourth-order valence-electron chi connectivity index (χ4n) is 3.54. The van der Waals surface area contributed by atoms with Crippen molar-refractivity contribution >= 4 is 45.4 Å². The first-order chi connectivity index (χ1) is 18.8. The van der Waals surface area contributed by atoms with Crippen LogP contribution in [0.4, 0.5) is 5.69 Å². The van der Waals surface area contributed by atoms with Gasteiger partial charge in [0.15, 0.2) is 0 Å². The molecule has 0 saturated heterocycles. The van der Waals surface area contributed by atoms with Crippen molar-refractivity contribution in [3.8, 4) is 11.3 Å². The van der Waals surface area contributed by atoms with Crippen LogP contribution in [0.25, 0.3) is 11.3 Å². The lowest BCUT2D eigenvalue weighted by Crippen LogP contribution is -2.39. The molecule has 11 heteroatoms. The summed E-state index contributed by atoms with van der Waals surface area (Å²) in [5.74, 6) is -0.187. The molecule has 0 atom stereocenters. The van der Waals surface area contributed by atoms with E-state index in [9.17, 15) is 18.0 Å². The summed E-state index contributed by atoms with van der Waals surface area (Å²) in [5, 5.41) is 4.33. The zero-order valence-electron chi connectivity index (χ0n) is 20.8. The van der Waals surface area contributed by atoms with Crippen LogP contribution in [-0.4, -0.2) is 39.7 Å². The molecule has 0 aliphatic heterocycles. The third kappa shape index (κ3) is 6.92. The fraction of sp³-hybridized carbons (Fsp3) is 0.107. The summed E-state index contributed by atoms with van der Waals surface area (Å²) in [6, 6.07) is 24.0. The molecule has 0 saturated carbocycles. The maximum absolute atomic E-state index is 13.3. The van der Waals surface area contributed by atoms with Gasteiger partial charge in [-0.05, 0) is 67.6 Å². The van der Waals surface area contributed by atoms with Crippen molar-refractivity contribution in [2.24, 2.45) is 5.10 Å². The summed E-state index contributed by atoms with van der Waals surface area (Å²) in [6.45, 7) is 1.51. The summed E-state index contributed by atoms with van der Waals surface area (Å²) in [5.41, 5.74) is 3.77. The number of sulfonamides is 1. The van der Waals surface area contributed by atoms with E-state index in [-0.39, 0.29) is 10.6 Å². The predicted octanol–water partition coefficient (Wildman–Crippen LogP) is 5.12. The zero-order chi connectivity index (χ0) is 27.8. The number of hydrazone groups is 1. The van der Waals surface area contributed by atoms with Crippen LogP contribution in [0.2, 0.25) is 5.02 Å². The number of anilines is 1. The minimum atomic E-state index is -4.05. The quantitative estimate of drug-likeness (QED) is 0.162. The van der Waals surface area contributed by atoms with Crippen LogP contribution in [0.1, 0.15) is 23.0 Å². The summed E-state index contributed by atoms with van der Waals surface area (Å²) in [6.07, 6.45) is 1.30. The third-order valence-electron chi connectivity index (χ3n) is 5.42. The molecule has 0 bridgehead atoms. The van der Waals surface area contributed by atoms with Crippen molar-refractivity contribution in [2.75, 3.05) is 17.5 Å². The molecule has 1 amide bonds. The van der Waals surface area contributed by atoms with Gasteiger partial charge in [0.1, 0.15) is 18.1 Å². The molecule has 0 unspecified atom stereocenters. The first-order valence-corrected chi connectivity index (χ1v) is 13.6. The van der Waals surface area contributed by atoms with Crippen LogP contribution in [0.15, 0.2) is 105 Å². The van der Waals surface area contributed by atoms with Gasteiger partial charge in [0.2, 0.25) is 0 Å². The Hall–Kier alpha value is -4.41. The number of benzene rings is 3. The number of nitrogens with one attached hydrogen (secondary N) is 1. The molecule has 4 aromatic rings. The highest BCUT2D eigenvalue weighted by molar-refractivity contribution is 7.92. The number of amides is 1. The van der Waals surface area contributed by atoms with Crippen LogP contribution in [0, 0.1) is 0 Å². The normalized spacial score (nSPS) is 11.3. The number of carbonyl (C=O) groups is 2. The second-order valence-electron chi connectivity index (χ2n) is 8.09. The molecule has 0 aliphatic carbocycles. The van der Waals surface area contributed by atoms with Crippen molar-refractivity contribution in [2.45, 2.75) is 11.8 Å². The Morgan fingerprint density at radius 3 is 2.33 bits per heavy atom. The van der Waals surface area contributed by atoms with Gasteiger partial charge in [-0.2, -0.15) is 5.10 Å². The van der Waals surface area contributed by atoms with Crippen LogP contribution in [-0.2, 0) is 19.6 Å². The second kappa shape index (κ2) is 12.4. The van der Waals surface area contributed by atoms with Crippen molar-refractivity contribution in [1.29, 1.82) is 0 Å². The molecular formula is C28H24ClN3O6S. The number of rotatable bonds is 10. The van der Waals surface area contributed by atoms with E-state index >= 15 is 0 Å². The molecule has 4 rings (SSSR count). The van der Waals surface area contributed by atoms with E-state index in [2.05, 4.69) is 10.5 Å². The van der Waals surface area contributed by atoms with Crippen LogP contribution < -0.4 is 9.73 Å². The number of hydrogen-bond acceptors (Lipinski definition) is 7. The molecule has 0 aliphatic rings. The Kier molecular flexibility index (Phi) is 8.80. The van der Waals surface area contributed by atoms with E-state index in [4.69, 9.17) is 20.8 Å². The van der Waals surface area contributed by atoms with E-state index in [0.29, 0.717) is 28.7 Å². The Balaban J connectivity index is 1.44. The van der Waals surface area contributed by atoms with Gasteiger partial charge in [-0.25, -0.2) is 18.6 Å². The summed E-state index contributed by atoms with van der Waals surface area (Å²) in [7, 11) is -4.05. The van der Waals surface area contributed by atoms with Crippen molar-refractivity contribution in [1.82, 2.24) is 5.43 Å². The molecule has 1 aromatic heterocycles. The van der Waals surface area contributed by atoms with E-state index in [1.807, 2.05) is 0 Å². The highest BCUT2D eigenvalue weighted by Crippen LogP contribution is 2.25. The first kappa shape index (κ1) is 27.6. The van der Waals surface area contributed by atoms with Crippen LogP contribution >= 0.6 is 11.6 Å². The molecule has 200 valence electrons. The first-order valence-electron chi connectivity index (χ1n) is 11.8. The average molecular weight is 566 g/mol. The molecular weight excluding hydrogens is 542 g/mol. The van der Waals surface area contributed by atoms with Gasteiger partial charge in [0.05, 0.1) is 29.0 Å². The average Bonchev–Trinajstić information content (AvgIpc) is 3.42. The molecule has 39 heavy (non-hydrogen) atoms. The molecule has 0 spiro atoms. The lowest BCUT2D eigenvalue weighted by Gasteiger charge is -2.23. The Morgan fingerprint density at radius 2 is 1.67 bits per heavy atom. The smallest absolute Gasteiger partial charge is 0.338 e. The zero-order valence-corrected chi connectivity index (χ0v) is 22.4. The maximum Gasteiger partial charge on any atom is 0.338 e. The minimum Gasteiger partial charge on any atom is -0.462 e. The number of esters is 1. The molecule has 1 N–H and O–H groups in total. The molecule has 0 fully saturated rings. The highest BCUT2D eigenvalue weighted by Gasteiger charge is 2.27. The topological polar surface area (TPSA) is 118 Å². The number of hydrogen-bond donors (Lipinski definition) is 1. The monoisotopic (exact) mass is 565 g/mol. The van der Waals surface area contributed by atoms with Gasteiger partial charge in [0.25, 0.3) is 15.9 Å².